The zero-order valence-electron chi connectivity index (χ0n) is 11.7. The SMILES string of the molecule is COC(=O)c1cc(CNc2nc(C)cc(C)n2)ccn1. The van der Waals surface area contributed by atoms with Crippen molar-refractivity contribution in [3.63, 3.8) is 0 Å². The molecule has 6 heteroatoms. The lowest BCUT2D eigenvalue weighted by Gasteiger charge is -2.07. The number of pyridine rings is 1. The van der Waals surface area contributed by atoms with E-state index in [1.165, 1.54) is 7.11 Å². The molecule has 0 amide bonds. The molecule has 0 atom stereocenters. The predicted octanol–water partition coefficient (Wildman–Crippen LogP) is 1.89. The van der Waals surface area contributed by atoms with Gasteiger partial charge in [0.15, 0.2) is 0 Å². The number of methoxy groups -OCH3 is 1. The van der Waals surface area contributed by atoms with Crippen LogP contribution < -0.4 is 5.32 Å². The predicted molar refractivity (Wildman–Crippen MR) is 74.4 cm³/mol. The Bertz CT molecular complexity index is 608. The third-order valence-corrected chi connectivity index (χ3v) is 2.65. The Balaban J connectivity index is 2.09. The van der Waals surface area contributed by atoms with Gasteiger partial charge in [0.05, 0.1) is 7.11 Å². The summed E-state index contributed by atoms with van der Waals surface area (Å²) in [5.74, 6) is 0.119. The molecule has 0 unspecified atom stereocenters. The smallest absolute Gasteiger partial charge is 0.356 e. The second-order valence-corrected chi connectivity index (χ2v) is 4.37. The Labute approximate surface area is 117 Å². The highest BCUT2D eigenvalue weighted by Crippen LogP contribution is 2.08. The molecule has 0 bridgehead atoms. The second kappa shape index (κ2) is 6.10. The summed E-state index contributed by atoms with van der Waals surface area (Å²) in [7, 11) is 1.33. The molecule has 0 aliphatic carbocycles. The molecule has 1 N–H and O–H groups in total. The zero-order valence-corrected chi connectivity index (χ0v) is 11.7. The summed E-state index contributed by atoms with van der Waals surface area (Å²) in [5, 5.41) is 3.12. The van der Waals surface area contributed by atoms with Crippen molar-refractivity contribution in [1.29, 1.82) is 0 Å². The number of carbonyl (C=O) groups excluding carboxylic acids is 1. The summed E-state index contributed by atoms with van der Waals surface area (Å²) in [6, 6.07) is 5.41. The topological polar surface area (TPSA) is 77.0 Å². The number of rotatable bonds is 4. The van der Waals surface area contributed by atoms with Gasteiger partial charge in [-0.05, 0) is 37.6 Å². The Kier molecular flexibility index (Phi) is 4.24. The van der Waals surface area contributed by atoms with E-state index in [9.17, 15) is 4.79 Å². The molecule has 2 aromatic rings. The van der Waals surface area contributed by atoms with Crippen molar-refractivity contribution < 1.29 is 9.53 Å². The number of ether oxygens (including phenoxy) is 1. The number of carbonyl (C=O) groups is 1. The largest absolute Gasteiger partial charge is 0.464 e. The molecule has 0 spiro atoms. The van der Waals surface area contributed by atoms with Crippen LogP contribution in [-0.2, 0) is 11.3 Å². The third kappa shape index (κ3) is 3.50. The van der Waals surface area contributed by atoms with Crippen LogP contribution in [0.4, 0.5) is 5.95 Å². The maximum atomic E-state index is 11.4. The average molecular weight is 272 g/mol. The first-order valence-corrected chi connectivity index (χ1v) is 6.18. The number of esters is 1. The lowest BCUT2D eigenvalue weighted by molar-refractivity contribution is 0.0594. The molecule has 0 aliphatic heterocycles. The van der Waals surface area contributed by atoms with Gasteiger partial charge >= 0.3 is 5.97 Å². The van der Waals surface area contributed by atoms with Gasteiger partial charge in [-0.3, -0.25) is 0 Å². The molecular formula is C14H16N4O2. The highest BCUT2D eigenvalue weighted by Gasteiger charge is 2.07. The Morgan fingerprint density at radius 3 is 2.60 bits per heavy atom. The number of nitrogens with one attached hydrogen (secondary N) is 1. The summed E-state index contributed by atoms with van der Waals surface area (Å²) in [4.78, 5) is 23.9. The normalized spacial score (nSPS) is 10.2. The molecule has 0 saturated carbocycles. The molecule has 0 saturated heterocycles. The van der Waals surface area contributed by atoms with Crippen molar-refractivity contribution in [2.24, 2.45) is 0 Å². The maximum absolute atomic E-state index is 11.4. The molecule has 0 aliphatic rings. The molecule has 2 heterocycles. The van der Waals surface area contributed by atoms with E-state index in [1.54, 1.807) is 12.3 Å². The summed E-state index contributed by atoms with van der Waals surface area (Å²) in [5.41, 5.74) is 3.01. The van der Waals surface area contributed by atoms with E-state index in [0.717, 1.165) is 17.0 Å². The van der Waals surface area contributed by atoms with E-state index < -0.39 is 5.97 Å². The number of hydrogen-bond acceptors (Lipinski definition) is 6. The van der Waals surface area contributed by atoms with Crippen LogP contribution in [0, 0.1) is 13.8 Å². The van der Waals surface area contributed by atoms with Crippen LogP contribution in [0.3, 0.4) is 0 Å². The minimum Gasteiger partial charge on any atom is -0.464 e. The van der Waals surface area contributed by atoms with Crippen LogP contribution in [0.2, 0.25) is 0 Å². The Morgan fingerprint density at radius 2 is 1.95 bits per heavy atom. The molecule has 6 nitrogen and oxygen atoms in total. The van der Waals surface area contributed by atoms with Crippen LogP contribution in [-0.4, -0.2) is 28.0 Å². The Morgan fingerprint density at radius 1 is 1.25 bits per heavy atom. The first kappa shape index (κ1) is 13.9. The summed E-state index contributed by atoms with van der Waals surface area (Å²) in [6.07, 6.45) is 1.58. The van der Waals surface area contributed by atoms with E-state index in [0.29, 0.717) is 12.5 Å². The van der Waals surface area contributed by atoms with Crippen molar-refractivity contribution in [3.05, 3.63) is 47.0 Å². The van der Waals surface area contributed by atoms with Gasteiger partial charge < -0.3 is 10.1 Å². The van der Waals surface area contributed by atoms with Gasteiger partial charge in [-0.1, -0.05) is 0 Å². The maximum Gasteiger partial charge on any atom is 0.356 e. The van der Waals surface area contributed by atoms with E-state index in [1.807, 2.05) is 26.0 Å². The fraction of sp³-hybridized carbons (Fsp3) is 0.286. The molecule has 2 rings (SSSR count). The lowest BCUT2D eigenvalue weighted by Crippen LogP contribution is -2.08. The molecule has 0 radical (unpaired) electrons. The van der Waals surface area contributed by atoms with Crippen LogP contribution in [0.25, 0.3) is 0 Å². The van der Waals surface area contributed by atoms with Crippen molar-refractivity contribution in [3.8, 4) is 0 Å². The Hall–Kier alpha value is -2.50. The fourth-order valence-corrected chi connectivity index (χ4v) is 1.79. The summed E-state index contributed by atoms with van der Waals surface area (Å²) >= 11 is 0. The highest BCUT2D eigenvalue weighted by molar-refractivity contribution is 5.87. The van der Waals surface area contributed by atoms with Gasteiger partial charge in [-0.2, -0.15) is 0 Å². The van der Waals surface area contributed by atoms with Gasteiger partial charge in [-0.25, -0.2) is 19.7 Å². The monoisotopic (exact) mass is 272 g/mol. The standard InChI is InChI=1S/C14H16N4O2/c1-9-6-10(2)18-14(17-9)16-8-11-4-5-15-12(7-11)13(19)20-3/h4-7H,8H2,1-3H3,(H,16,17,18). The van der Waals surface area contributed by atoms with Crippen molar-refractivity contribution in [2.75, 3.05) is 12.4 Å². The van der Waals surface area contributed by atoms with Crippen molar-refractivity contribution in [1.82, 2.24) is 15.0 Å². The molecule has 2 aromatic heterocycles. The van der Waals surface area contributed by atoms with Gasteiger partial charge in [-0.15, -0.1) is 0 Å². The van der Waals surface area contributed by atoms with Crippen LogP contribution in [0.1, 0.15) is 27.4 Å². The summed E-state index contributed by atoms with van der Waals surface area (Å²) < 4.78 is 4.64. The van der Waals surface area contributed by atoms with Crippen LogP contribution >= 0.6 is 0 Å². The van der Waals surface area contributed by atoms with E-state index >= 15 is 0 Å². The fourth-order valence-electron chi connectivity index (χ4n) is 1.79. The number of anilines is 1. The van der Waals surface area contributed by atoms with Gasteiger partial charge in [0.2, 0.25) is 5.95 Å². The van der Waals surface area contributed by atoms with Crippen molar-refractivity contribution in [2.45, 2.75) is 20.4 Å². The van der Waals surface area contributed by atoms with E-state index in [4.69, 9.17) is 0 Å². The number of aryl methyl sites for hydroxylation is 2. The minimum absolute atomic E-state index is 0.285. The quantitative estimate of drug-likeness (QED) is 0.856. The molecule has 20 heavy (non-hydrogen) atoms. The molecule has 0 fully saturated rings. The van der Waals surface area contributed by atoms with E-state index in [-0.39, 0.29) is 5.69 Å². The minimum atomic E-state index is -0.450. The second-order valence-electron chi connectivity index (χ2n) is 4.37. The van der Waals surface area contributed by atoms with E-state index in [2.05, 4.69) is 25.0 Å². The average Bonchev–Trinajstić information content (AvgIpc) is 2.43. The van der Waals surface area contributed by atoms with Gasteiger partial charge in [0, 0.05) is 24.1 Å². The number of aromatic nitrogens is 3. The first-order valence-electron chi connectivity index (χ1n) is 6.18. The molecule has 0 aromatic carbocycles. The van der Waals surface area contributed by atoms with Crippen LogP contribution in [0.15, 0.2) is 24.4 Å². The highest BCUT2D eigenvalue weighted by atomic mass is 16.5. The lowest BCUT2D eigenvalue weighted by atomic mass is 10.2. The zero-order chi connectivity index (χ0) is 14.5. The van der Waals surface area contributed by atoms with Gasteiger partial charge in [0.1, 0.15) is 5.69 Å². The van der Waals surface area contributed by atoms with Crippen LogP contribution in [0.5, 0.6) is 0 Å². The molecule has 104 valence electrons. The third-order valence-electron chi connectivity index (χ3n) is 2.65. The number of hydrogen-bond donors (Lipinski definition) is 1. The van der Waals surface area contributed by atoms with Crippen molar-refractivity contribution >= 4 is 11.9 Å². The molecular weight excluding hydrogens is 256 g/mol. The summed E-state index contributed by atoms with van der Waals surface area (Å²) in [6.45, 7) is 4.35. The first-order chi connectivity index (χ1) is 9.58. The number of nitrogens with zero attached hydrogens (tertiary/aromatic N) is 3. The van der Waals surface area contributed by atoms with Gasteiger partial charge in [0.25, 0.3) is 0 Å².